The molecule has 2 aromatic carbocycles. The summed E-state index contributed by atoms with van der Waals surface area (Å²) in [6.45, 7) is 0.0331. The van der Waals surface area contributed by atoms with Gasteiger partial charge < -0.3 is 10.1 Å². The molecule has 3 aromatic rings. The Morgan fingerprint density at radius 1 is 1.10 bits per heavy atom. The number of aromatic nitrogens is 3. The van der Waals surface area contributed by atoms with Gasteiger partial charge in [-0.25, -0.2) is 19.3 Å². The first-order chi connectivity index (χ1) is 14.3. The predicted octanol–water partition coefficient (Wildman–Crippen LogP) is 3.78. The number of methoxy groups -OCH3 is 1. The number of amides is 2. The molecular formula is C19H16F3N5O3. The summed E-state index contributed by atoms with van der Waals surface area (Å²) in [6.07, 6.45) is -3.16. The number of benzene rings is 2. The smallest absolute Gasteiger partial charge is 0.416 e. The molecule has 0 aliphatic carbocycles. The molecular weight excluding hydrogens is 403 g/mol. The van der Waals surface area contributed by atoms with Crippen molar-refractivity contribution in [1.82, 2.24) is 14.8 Å². The standard InChI is InChI=1S/C19H16F3N5O3/c1-30-16(28)14-7-2-3-8-15(14)24-18(29)25-17-23-11-27(26-17)10-12-5-4-6-13(9-12)19(20,21)22/h2-9,11H,10H2,1H3,(H2,24,25,26,29). The average Bonchev–Trinajstić information content (AvgIpc) is 3.13. The number of urea groups is 1. The highest BCUT2D eigenvalue weighted by atomic mass is 19.4. The average molecular weight is 419 g/mol. The van der Waals surface area contributed by atoms with E-state index in [0.717, 1.165) is 12.1 Å². The minimum absolute atomic E-state index is 0.0331. The van der Waals surface area contributed by atoms with E-state index >= 15 is 0 Å². The van der Waals surface area contributed by atoms with E-state index in [1.165, 1.54) is 42.4 Å². The van der Waals surface area contributed by atoms with Crippen molar-refractivity contribution in [2.45, 2.75) is 12.7 Å². The van der Waals surface area contributed by atoms with E-state index in [-0.39, 0.29) is 23.7 Å². The maximum atomic E-state index is 12.8. The molecule has 30 heavy (non-hydrogen) atoms. The van der Waals surface area contributed by atoms with Crippen LogP contribution in [0.2, 0.25) is 0 Å². The molecule has 2 amide bonds. The highest BCUT2D eigenvalue weighted by Gasteiger charge is 2.30. The second kappa shape index (κ2) is 8.64. The Hall–Kier alpha value is -3.89. The number of alkyl halides is 3. The number of carbonyl (C=O) groups is 2. The zero-order valence-corrected chi connectivity index (χ0v) is 15.6. The van der Waals surface area contributed by atoms with Crippen LogP contribution in [0.4, 0.5) is 29.6 Å². The van der Waals surface area contributed by atoms with E-state index in [9.17, 15) is 22.8 Å². The van der Waals surface area contributed by atoms with Crippen molar-refractivity contribution in [1.29, 1.82) is 0 Å². The Morgan fingerprint density at radius 2 is 1.87 bits per heavy atom. The topological polar surface area (TPSA) is 98.1 Å². The molecule has 8 nitrogen and oxygen atoms in total. The van der Waals surface area contributed by atoms with Gasteiger partial charge in [-0.15, -0.1) is 5.10 Å². The fourth-order valence-electron chi connectivity index (χ4n) is 2.60. The molecule has 0 spiro atoms. The van der Waals surface area contributed by atoms with Crippen molar-refractivity contribution in [3.05, 3.63) is 71.5 Å². The Balaban J connectivity index is 1.65. The van der Waals surface area contributed by atoms with Crippen LogP contribution in [-0.4, -0.2) is 33.9 Å². The molecule has 0 aliphatic rings. The Labute approximate surface area is 168 Å². The number of esters is 1. The predicted molar refractivity (Wildman–Crippen MR) is 101 cm³/mol. The molecule has 0 saturated carbocycles. The minimum atomic E-state index is -4.44. The second-order valence-electron chi connectivity index (χ2n) is 6.08. The van der Waals surface area contributed by atoms with Gasteiger partial charge in [0.05, 0.1) is 30.5 Å². The largest absolute Gasteiger partial charge is 0.465 e. The number of halogens is 3. The van der Waals surface area contributed by atoms with Crippen molar-refractivity contribution in [2.24, 2.45) is 0 Å². The monoisotopic (exact) mass is 419 g/mol. The summed E-state index contributed by atoms with van der Waals surface area (Å²) in [5.41, 5.74) is 0.00304. The zero-order chi connectivity index (χ0) is 21.7. The molecule has 1 heterocycles. The number of nitrogens with one attached hydrogen (secondary N) is 2. The normalized spacial score (nSPS) is 11.1. The molecule has 0 saturated heterocycles. The third-order valence-electron chi connectivity index (χ3n) is 3.94. The van der Waals surface area contributed by atoms with Crippen molar-refractivity contribution in [3.63, 3.8) is 0 Å². The summed E-state index contributed by atoms with van der Waals surface area (Å²) >= 11 is 0. The van der Waals surface area contributed by atoms with Crippen LogP contribution in [-0.2, 0) is 17.5 Å². The number of rotatable bonds is 5. The lowest BCUT2D eigenvalue weighted by Crippen LogP contribution is -2.22. The van der Waals surface area contributed by atoms with Crippen molar-refractivity contribution < 1.29 is 27.5 Å². The molecule has 156 valence electrons. The van der Waals surface area contributed by atoms with Crippen molar-refractivity contribution in [2.75, 3.05) is 17.7 Å². The SMILES string of the molecule is COC(=O)c1ccccc1NC(=O)Nc1ncn(Cc2cccc(C(F)(F)F)c2)n1. The first-order valence-corrected chi connectivity index (χ1v) is 8.57. The molecule has 0 unspecified atom stereocenters. The van der Waals surface area contributed by atoms with Gasteiger partial charge in [-0.2, -0.15) is 13.2 Å². The Bertz CT molecular complexity index is 1070. The lowest BCUT2D eigenvalue weighted by Gasteiger charge is -2.09. The lowest BCUT2D eigenvalue weighted by molar-refractivity contribution is -0.137. The van der Waals surface area contributed by atoms with Gasteiger partial charge in [-0.1, -0.05) is 24.3 Å². The van der Waals surface area contributed by atoms with E-state index in [1.54, 1.807) is 12.1 Å². The van der Waals surface area contributed by atoms with Gasteiger partial charge in [0.25, 0.3) is 0 Å². The maximum Gasteiger partial charge on any atom is 0.416 e. The first-order valence-electron chi connectivity index (χ1n) is 8.57. The van der Waals surface area contributed by atoms with Crippen LogP contribution in [0.15, 0.2) is 54.9 Å². The maximum absolute atomic E-state index is 12.8. The quantitative estimate of drug-likeness (QED) is 0.614. The van der Waals surface area contributed by atoms with E-state index in [2.05, 4.69) is 25.5 Å². The second-order valence-corrected chi connectivity index (χ2v) is 6.08. The fraction of sp³-hybridized carbons (Fsp3) is 0.158. The number of hydrogen-bond donors (Lipinski definition) is 2. The minimum Gasteiger partial charge on any atom is -0.465 e. The molecule has 0 atom stereocenters. The van der Waals surface area contributed by atoms with Crippen LogP contribution >= 0.6 is 0 Å². The molecule has 0 bridgehead atoms. The summed E-state index contributed by atoms with van der Waals surface area (Å²) in [5, 5.41) is 8.90. The highest BCUT2D eigenvalue weighted by molar-refractivity contribution is 6.04. The van der Waals surface area contributed by atoms with E-state index < -0.39 is 23.7 Å². The molecule has 3 rings (SSSR count). The van der Waals surface area contributed by atoms with E-state index in [4.69, 9.17) is 0 Å². The summed E-state index contributed by atoms with van der Waals surface area (Å²) in [5.74, 6) is -0.676. The molecule has 2 N–H and O–H groups in total. The lowest BCUT2D eigenvalue weighted by atomic mass is 10.1. The molecule has 1 aromatic heterocycles. The number of anilines is 2. The van der Waals surface area contributed by atoms with Gasteiger partial charge in [0.1, 0.15) is 6.33 Å². The van der Waals surface area contributed by atoms with Crippen LogP contribution in [0.1, 0.15) is 21.5 Å². The number of hydrogen-bond acceptors (Lipinski definition) is 5. The number of nitrogens with zero attached hydrogens (tertiary/aromatic N) is 3. The van der Waals surface area contributed by atoms with E-state index in [0.29, 0.717) is 5.56 Å². The van der Waals surface area contributed by atoms with Crippen LogP contribution in [0.25, 0.3) is 0 Å². The Kier molecular flexibility index (Phi) is 6.00. The molecule has 0 radical (unpaired) electrons. The fourth-order valence-corrected chi connectivity index (χ4v) is 2.60. The van der Waals surface area contributed by atoms with Crippen LogP contribution in [0.5, 0.6) is 0 Å². The van der Waals surface area contributed by atoms with Gasteiger partial charge in [-0.05, 0) is 29.8 Å². The third-order valence-corrected chi connectivity index (χ3v) is 3.94. The summed E-state index contributed by atoms with van der Waals surface area (Å²) in [7, 11) is 1.22. The summed E-state index contributed by atoms with van der Waals surface area (Å²) in [4.78, 5) is 27.8. The van der Waals surface area contributed by atoms with Crippen LogP contribution in [0, 0.1) is 0 Å². The first kappa shape index (κ1) is 20.8. The van der Waals surface area contributed by atoms with Gasteiger partial charge in [-0.3, -0.25) is 5.32 Å². The van der Waals surface area contributed by atoms with Gasteiger partial charge in [0.15, 0.2) is 0 Å². The number of carbonyl (C=O) groups excluding carboxylic acids is 2. The van der Waals surface area contributed by atoms with Crippen LogP contribution < -0.4 is 10.6 Å². The molecule has 0 fully saturated rings. The van der Waals surface area contributed by atoms with Gasteiger partial charge in [0.2, 0.25) is 5.95 Å². The number of para-hydroxylation sites is 1. The Morgan fingerprint density at radius 3 is 2.60 bits per heavy atom. The molecule has 11 heteroatoms. The van der Waals surface area contributed by atoms with Gasteiger partial charge >= 0.3 is 18.2 Å². The highest BCUT2D eigenvalue weighted by Crippen LogP contribution is 2.29. The number of ether oxygens (including phenoxy) is 1. The van der Waals surface area contributed by atoms with Crippen LogP contribution in [0.3, 0.4) is 0 Å². The van der Waals surface area contributed by atoms with Gasteiger partial charge in [0, 0.05) is 0 Å². The summed E-state index contributed by atoms with van der Waals surface area (Å²) in [6, 6.07) is 10.4. The molecule has 0 aliphatic heterocycles. The third kappa shape index (κ3) is 5.13. The van der Waals surface area contributed by atoms with E-state index in [1.807, 2.05) is 0 Å². The summed E-state index contributed by atoms with van der Waals surface area (Å²) < 4.78 is 44.4. The van der Waals surface area contributed by atoms with Crippen molar-refractivity contribution in [3.8, 4) is 0 Å². The zero-order valence-electron chi connectivity index (χ0n) is 15.6. The van der Waals surface area contributed by atoms with Crippen molar-refractivity contribution >= 4 is 23.6 Å².